The van der Waals surface area contributed by atoms with Gasteiger partial charge < -0.3 is 14.4 Å². The lowest BCUT2D eigenvalue weighted by molar-refractivity contribution is 0.0322. The first-order chi connectivity index (χ1) is 9.83. The summed E-state index contributed by atoms with van der Waals surface area (Å²) >= 11 is 0. The number of hydrogen-bond acceptors (Lipinski definition) is 4. The van der Waals surface area contributed by atoms with Gasteiger partial charge in [-0.15, -0.1) is 0 Å². The Balaban J connectivity index is 1.74. The summed E-state index contributed by atoms with van der Waals surface area (Å²) in [6, 6.07) is 0. The largest absolute Gasteiger partial charge is 0.379 e. The molecule has 0 atom stereocenters. The Morgan fingerprint density at radius 2 is 1.40 bits per heavy atom. The molecule has 0 N–H and O–H groups in total. The molecule has 1 aliphatic rings. The summed E-state index contributed by atoms with van der Waals surface area (Å²) in [5, 5.41) is 0. The van der Waals surface area contributed by atoms with Crippen LogP contribution in [0.25, 0.3) is 0 Å². The molecule has 1 heterocycles. The first-order valence-corrected chi connectivity index (χ1v) is 8.39. The van der Waals surface area contributed by atoms with Crippen LogP contribution in [-0.2, 0) is 9.47 Å². The van der Waals surface area contributed by atoms with E-state index in [-0.39, 0.29) is 0 Å². The van der Waals surface area contributed by atoms with Crippen LogP contribution in [0.1, 0.15) is 39.0 Å². The van der Waals surface area contributed by atoms with Gasteiger partial charge in [-0.2, -0.15) is 0 Å². The van der Waals surface area contributed by atoms with E-state index in [4.69, 9.17) is 9.47 Å². The molecule has 4 heteroatoms. The summed E-state index contributed by atoms with van der Waals surface area (Å²) in [5.74, 6) is 0. The van der Waals surface area contributed by atoms with E-state index < -0.39 is 0 Å². The van der Waals surface area contributed by atoms with Crippen LogP contribution in [0.4, 0.5) is 0 Å². The molecule has 0 spiro atoms. The molecule has 20 heavy (non-hydrogen) atoms. The van der Waals surface area contributed by atoms with Crippen molar-refractivity contribution in [3.05, 3.63) is 0 Å². The Morgan fingerprint density at radius 3 is 2.10 bits per heavy atom. The summed E-state index contributed by atoms with van der Waals surface area (Å²) in [6.07, 6.45) is 6.51. The Kier molecular flexibility index (Phi) is 11.2. The summed E-state index contributed by atoms with van der Waals surface area (Å²) in [5.41, 5.74) is 0. The zero-order chi connectivity index (χ0) is 14.5. The number of unbranched alkanes of at least 4 members (excludes halogenated alkanes) is 4. The van der Waals surface area contributed by atoms with Crippen LogP contribution in [0.5, 0.6) is 0 Å². The molecule has 0 aromatic carbocycles. The van der Waals surface area contributed by atoms with Crippen LogP contribution in [-0.4, -0.2) is 76.0 Å². The number of ether oxygens (including phenoxy) is 2. The van der Waals surface area contributed by atoms with Crippen LogP contribution in [0.15, 0.2) is 0 Å². The molecule has 0 aromatic rings. The van der Waals surface area contributed by atoms with Crippen molar-refractivity contribution in [2.45, 2.75) is 39.0 Å². The summed E-state index contributed by atoms with van der Waals surface area (Å²) in [7, 11) is 2.19. The quantitative estimate of drug-likeness (QED) is 0.514. The van der Waals surface area contributed by atoms with Crippen LogP contribution >= 0.6 is 0 Å². The first kappa shape index (κ1) is 17.9. The second-order valence-electron chi connectivity index (χ2n) is 5.78. The minimum absolute atomic E-state index is 0.739. The molecule has 0 aromatic heterocycles. The molecule has 0 saturated carbocycles. The van der Waals surface area contributed by atoms with E-state index in [1.165, 1.54) is 58.3 Å². The second kappa shape index (κ2) is 12.6. The van der Waals surface area contributed by atoms with Crippen molar-refractivity contribution in [3.8, 4) is 0 Å². The lowest BCUT2D eigenvalue weighted by Crippen LogP contribution is -2.45. The van der Waals surface area contributed by atoms with Gasteiger partial charge in [-0.05, 0) is 13.5 Å². The van der Waals surface area contributed by atoms with Gasteiger partial charge >= 0.3 is 0 Å². The summed E-state index contributed by atoms with van der Waals surface area (Å²) in [4.78, 5) is 4.86. The maximum Gasteiger partial charge on any atom is 0.0701 e. The van der Waals surface area contributed by atoms with Gasteiger partial charge in [-0.3, -0.25) is 4.90 Å². The highest BCUT2D eigenvalue weighted by molar-refractivity contribution is 4.68. The highest BCUT2D eigenvalue weighted by atomic mass is 16.5. The monoisotopic (exact) mass is 286 g/mol. The number of likely N-dealkylation sites (N-methyl/N-ethyl adjacent to an activating group) is 1. The highest BCUT2D eigenvalue weighted by Gasteiger charge is 2.12. The normalized spacial score (nSPS) is 17.7. The van der Waals surface area contributed by atoms with E-state index in [1.54, 1.807) is 0 Å². The minimum Gasteiger partial charge on any atom is -0.379 e. The van der Waals surface area contributed by atoms with Gasteiger partial charge in [0, 0.05) is 39.3 Å². The van der Waals surface area contributed by atoms with E-state index in [2.05, 4.69) is 23.8 Å². The molecule has 0 bridgehead atoms. The molecule has 0 unspecified atom stereocenters. The maximum absolute atomic E-state index is 5.63. The van der Waals surface area contributed by atoms with Crippen LogP contribution in [0, 0.1) is 0 Å². The topological polar surface area (TPSA) is 24.9 Å². The number of rotatable bonds is 12. The fourth-order valence-electron chi connectivity index (χ4n) is 2.39. The number of nitrogens with zero attached hydrogens (tertiary/aromatic N) is 2. The molecule has 1 saturated heterocycles. The Labute approximate surface area is 125 Å². The maximum atomic E-state index is 5.63. The zero-order valence-electron chi connectivity index (χ0n) is 13.6. The Hall–Kier alpha value is -0.160. The van der Waals surface area contributed by atoms with Gasteiger partial charge in [0.25, 0.3) is 0 Å². The average Bonchev–Trinajstić information content (AvgIpc) is 2.47. The van der Waals surface area contributed by atoms with Crippen molar-refractivity contribution < 1.29 is 9.47 Å². The van der Waals surface area contributed by atoms with Gasteiger partial charge in [-0.25, -0.2) is 0 Å². The van der Waals surface area contributed by atoms with Gasteiger partial charge in [-0.1, -0.05) is 32.6 Å². The molecule has 0 radical (unpaired) electrons. The smallest absolute Gasteiger partial charge is 0.0701 e. The molecular formula is C16H34N2O2. The van der Waals surface area contributed by atoms with Crippen LogP contribution in [0.3, 0.4) is 0 Å². The molecule has 1 fully saturated rings. The average molecular weight is 286 g/mol. The lowest BCUT2D eigenvalue weighted by Gasteiger charge is -2.32. The lowest BCUT2D eigenvalue weighted by atomic mass is 10.2. The van der Waals surface area contributed by atoms with Gasteiger partial charge in [0.1, 0.15) is 0 Å². The zero-order valence-corrected chi connectivity index (χ0v) is 13.6. The fourth-order valence-corrected chi connectivity index (χ4v) is 2.39. The molecule has 0 aliphatic carbocycles. The van der Waals surface area contributed by atoms with Crippen LogP contribution < -0.4 is 0 Å². The predicted octanol–water partition coefficient (Wildman–Crippen LogP) is 2.24. The van der Waals surface area contributed by atoms with E-state index in [0.717, 1.165) is 33.0 Å². The van der Waals surface area contributed by atoms with Crippen molar-refractivity contribution in [1.82, 2.24) is 9.80 Å². The molecule has 1 rings (SSSR count). The molecule has 0 amide bonds. The van der Waals surface area contributed by atoms with Crippen molar-refractivity contribution in [1.29, 1.82) is 0 Å². The fraction of sp³-hybridized carbons (Fsp3) is 1.00. The van der Waals surface area contributed by atoms with E-state index in [0.29, 0.717) is 0 Å². The van der Waals surface area contributed by atoms with E-state index in [9.17, 15) is 0 Å². The third kappa shape index (κ3) is 9.70. The van der Waals surface area contributed by atoms with Crippen LogP contribution in [0.2, 0.25) is 0 Å². The standard InChI is InChI=1S/C16H34N2O2/c1-3-4-5-6-7-13-19-15-16-20-14-12-18-10-8-17(2)9-11-18/h3-16H2,1-2H3. The third-order valence-electron chi connectivity index (χ3n) is 3.91. The Morgan fingerprint density at radius 1 is 0.750 bits per heavy atom. The van der Waals surface area contributed by atoms with Crippen molar-refractivity contribution >= 4 is 0 Å². The minimum atomic E-state index is 0.739. The summed E-state index contributed by atoms with van der Waals surface area (Å²) < 4.78 is 11.2. The van der Waals surface area contributed by atoms with E-state index >= 15 is 0 Å². The number of hydrogen-bond donors (Lipinski definition) is 0. The second-order valence-corrected chi connectivity index (χ2v) is 5.78. The van der Waals surface area contributed by atoms with Crippen molar-refractivity contribution in [2.75, 3.05) is 66.2 Å². The van der Waals surface area contributed by atoms with Gasteiger partial charge in [0.2, 0.25) is 0 Å². The molecule has 4 nitrogen and oxygen atoms in total. The van der Waals surface area contributed by atoms with Gasteiger partial charge in [0.15, 0.2) is 0 Å². The first-order valence-electron chi connectivity index (χ1n) is 8.39. The molecule has 1 aliphatic heterocycles. The molecular weight excluding hydrogens is 252 g/mol. The van der Waals surface area contributed by atoms with Gasteiger partial charge in [0.05, 0.1) is 19.8 Å². The molecule has 120 valence electrons. The Bertz CT molecular complexity index is 207. The van der Waals surface area contributed by atoms with Crippen molar-refractivity contribution in [3.63, 3.8) is 0 Å². The predicted molar refractivity (Wildman–Crippen MR) is 84.3 cm³/mol. The number of piperazine rings is 1. The van der Waals surface area contributed by atoms with E-state index in [1.807, 2.05) is 0 Å². The summed E-state index contributed by atoms with van der Waals surface area (Å²) in [6.45, 7) is 11.2. The SMILES string of the molecule is CCCCCCCOCCOCCN1CCN(C)CC1. The highest BCUT2D eigenvalue weighted by Crippen LogP contribution is 2.02. The third-order valence-corrected chi connectivity index (χ3v) is 3.91. The van der Waals surface area contributed by atoms with Crippen molar-refractivity contribution in [2.24, 2.45) is 0 Å².